The van der Waals surface area contributed by atoms with Crippen LogP contribution in [0, 0.1) is 0 Å². The van der Waals surface area contributed by atoms with Gasteiger partial charge in [0.25, 0.3) is 0 Å². The number of para-hydroxylation sites is 1. The van der Waals surface area contributed by atoms with Crippen LogP contribution in [0.25, 0.3) is 5.69 Å². The Labute approximate surface area is 146 Å². The van der Waals surface area contributed by atoms with Gasteiger partial charge >= 0.3 is 0 Å². The number of hydrogen-bond acceptors (Lipinski definition) is 5. The fourth-order valence-electron chi connectivity index (χ4n) is 2.89. The summed E-state index contributed by atoms with van der Waals surface area (Å²) in [5.74, 6) is 1.27. The van der Waals surface area contributed by atoms with E-state index in [1.54, 1.807) is 0 Å². The highest BCUT2D eigenvalue weighted by molar-refractivity contribution is 7.99. The Morgan fingerprint density at radius 2 is 1.88 bits per heavy atom. The predicted octanol–water partition coefficient (Wildman–Crippen LogP) is 2.22. The van der Waals surface area contributed by atoms with E-state index in [1.807, 2.05) is 18.2 Å². The third-order valence-electron chi connectivity index (χ3n) is 4.11. The van der Waals surface area contributed by atoms with Crippen molar-refractivity contribution in [2.24, 2.45) is 5.73 Å². The van der Waals surface area contributed by atoms with Gasteiger partial charge in [0.2, 0.25) is 5.91 Å². The number of primary amides is 1. The number of nitrogens with two attached hydrogens (primary N) is 1. The third kappa shape index (κ3) is 4.36. The van der Waals surface area contributed by atoms with Crippen LogP contribution in [0.3, 0.4) is 0 Å². The Morgan fingerprint density at radius 3 is 2.58 bits per heavy atom. The van der Waals surface area contributed by atoms with Crippen molar-refractivity contribution in [3.8, 4) is 5.69 Å². The number of carbonyl (C=O) groups is 1. The average Bonchev–Trinajstić information content (AvgIpc) is 2.99. The van der Waals surface area contributed by atoms with Crippen molar-refractivity contribution >= 4 is 17.7 Å². The van der Waals surface area contributed by atoms with Crippen LogP contribution >= 0.6 is 11.8 Å². The van der Waals surface area contributed by atoms with Crippen molar-refractivity contribution in [3.05, 3.63) is 36.2 Å². The molecule has 1 aromatic carbocycles. The van der Waals surface area contributed by atoms with Crippen LogP contribution in [0.2, 0.25) is 0 Å². The number of rotatable bonds is 7. The van der Waals surface area contributed by atoms with Gasteiger partial charge in [0.15, 0.2) is 11.0 Å². The second-order valence-electron chi connectivity index (χ2n) is 5.97. The monoisotopic (exact) mass is 345 g/mol. The van der Waals surface area contributed by atoms with E-state index in [0.29, 0.717) is 12.2 Å². The van der Waals surface area contributed by atoms with Gasteiger partial charge in [-0.1, -0.05) is 36.4 Å². The Bertz CT molecular complexity index is 667. The maximum atomic E-state index is 11.0. The lowest BCUT2D eigenvalue weighted by Crippen LogP contribution is -2.30. The van der Waals surface area contributed by atoms with Crippen LogP contribution in [-0.4, -0.2) is 44.4 Å². The van der Waals surface area contributed by atoms with E-state index in [1.165, 1.54) is 31.0 Å². The van der Waals surface area contributed by atoms with Crippen molar-refractivity contribution in [1.29, 1.82) is 0 Å². The van der Waals surface area contributed by atoms with Crippen LogP contribution in [0.4, 0.5) is 0 Å². The Hall–Kier alpha value is -1.86. The first-order chi connectivity index (χ1) is 11.7. The molecule has 0 radical (unpaired) electrons. The SMILES string of the molecule is NC(=O)CCSc1nnc(CN2CCCCC2)n1-c1ccccc1. The lowest BCUT2D eigenvalue weighted by molar-refractivity contribution is -0.117. The van der Waals surface area contributed by atoms with E-state index < -0.39 is 0 Å². The van der Waals surface area contributed by atoms with Gasteiger partial charge in [0.05, 0.1) is 6.54 Å². The van der Waals surface area contributed by atoms with E-state index in [-0.39, 0.29) is 5.91 Å². The van der Waals surface area contributed by atoms with E-state index in [2.05, 4.69) is 31.8 Å². The maximum absolute atomic E-state index is 11.0. The fraction of sp³-hybridized carbons (Fsp3) is 0.471. The summed E-state index contributed by atoms with van der Waals surface area (Å²) in [5, 5.41) is 9.58. The van der Waals surface area contributed by atoms with E-state index in [9.17, 15) is 4.79 Å². The summed E-state index contributed by atoms with van der Waals surface area (Å²) in [7, 11) is 0. The number of nitrogens with zero attached hydrogens (tertiary/aromatic N) is 4. The summed E-state index contributed by atoms with van der Waals surface area (Å²) in [5.41, 5.74) is 6.28. The maximum Gasteiger partial charge on any atom is 0.218 e. The molecular formula is C17H23N5OS. The number of carbonyl (C=O) groups excluding carboxylic acids is 1. The highest BCUT2D eigenvalue weighted by atomic mass is 32.2. The predicted molar refractivity (Wildman–Crippen MR) is 95.0 cm³/mol. The molecule has 7 heteroatoms. The molecule has 2 aromatic rings. The van der Waals surface area contributed by atoms with Gasteiger partial charge in [-0.15, -0.1) is 10.2 Å². The minimum Gasteiger partial charge on any atom is -0.370 e. The van der Waals surface area contributed by atoms with Crippen molar-refractivity contribution in [3.63, 3.8) is 0 Å². The van der Waals surface area contributed by atoms with Gasteiger partial charge in [-0.05, 0) is 38.1 Å². The van der Waals surface area contributed by atoms with Gasteiger partial charge in [-0.2, -0.15) is 0 Å². The van der Waals surface area contributed by atoms with Crippen molar-refractivity contribution in [2.45, 2.75) is 37.4 Å². The number of hydrogen-bond donors (Lipinski definition) is 1. The lowest BCUT2D eigenvalue weighted by Gasteiger charge is -2.26. The first-order valence-corrected chi connectivity index (χ1v) is 9.36. The molecule has 3 rings (SSSR count). The molecule has 0 aliphatic carbocycles. The Balaban J connectivity index is 1.82. The lowest BCUT2D eigenvalue weighted by atomic mass is 10.1. The molecule has 2 heterocycles. The molecule has 2 N–H and O–H groups in total. The zero-order chi connectivity index (χ0) is 16.8. The molecule has 1 aliphatic rings. The molecule has 0 atom stereocenters. The fourth-order valence-corrected chi connectivity index (χ4v) is 3.82. The van der Waals surface area contributed by atoms with Gasteiger partial charge in [0.1, 0.15) is 0 Å². The second-order valence-corrected chi connectivity index (χ2v) is 7.03. The number of likely N-dealkylation sites (tertiary alicyclic amines) is 1. The van der Waals surface area contributed by atoms with Crippen molar-refractivity contribution in [1.82, 2.24) is 19.7 Å². The van der Waals surface area contributed by atoms with Gasteiger partial charge in [-0.3, -0.25) is 14.3 Å². The second kappa shape index (κ2) is 8.30. The molecule has 24 heavy (non-hydrogen) atoms. The summed E-state index contributed by atoms with van der Waals surface area (Å²) >= 11 is 1.52. The van der Waals surface area contributed by atoms with Crippen LogP contribution in [-0.2, 0) is 11.3 Å². The molecule has 1 aromatic heterocycles. The number of aromatic nitrogens is 3. The summed E-state index contributed by atoms with van der Waals surface area (Å²) in [4.78, 5) is 13.4. The van der Waals surface area contributed by atoms with Gasteiger partial charge in [-0.25, -0.2) is 0 Å². The number of benzene rings is 1. The molecule has 1 amide bonds. The molecule has 1 fully saturated rings. The third-order valence-corrected chi connectivity index (χ3v) is 5.04. The number of amides is 1. The van der Waals surface area contributed by atoms with Crippen LogP contribution in [0.15, 0.2) is 35.5 Å². The summed E-state index contributed by atoms with van der Waals surface area (Å²) < 4.78 is 2.10. The smallest absolute Gasteiger partial charge is 0.218 e. The zero-order valence-electron chi connectivity index (χ0n) is 13.7. The normalized spacial score (nSPS) is 15.5. The number of piperidine rings is 1. The van der Waals surface area contributed by atoms with Crippen molar-refractivity contribution in [2.75, 3.05) is 18.8 Å². The standard InChI is InChI=1S/C17H23N5OS/c18-15(23)9-12-24-17-20-19-16(13-21-10-5-2-6-11-21)22(17)14-7-3-1-4-8-14/h1,3-4,7-8H,2,5-6,9-13H2,(H2,18,23). The van der Waals surface area contributed by atoms with Crippen LogP contribution < -0.4 is 5.73 Å². The minimum absolute atomic E-state index is 0.290. The molecule has 1 aliphatic heterocycles. The molecular weight excluding hydrogens is 322 g/mol. The molecule has 0 saturated carbocycles. The molecule has 0 bridgehead atoms. The van der Waals surface area contributed by atoms with Crippen molar-refractivity contribution < 1.29 is 4.79 Å². The van der Waals surface area contributed by atoms with E-state index in [0.717, 1.165) is 36.3 Å². The molecule has 1 saturated heterocycles. The van der Waals surface area contributed by atoms with Crippen LogP contribution in [0.1, 0.15) is 31.5 Å². The molecule has 0 unspecified atom stereocenters. The summed E-state index contributed by atoms with van der Waals surface area (Å²) in [6.45, 7) is 3.04. The van der Waals surface area contributed by atoms with Gasteiger partial charge < -0.3 is 5.73 Å². The molecule has 128 valence electrons. The summed E-state index contributed by atoms with van der Waals surface area (Å²) in [6.07, 6.45) is 4.16. The largest absolute Gasteiger partial charge is 0.370 e. The zero-order valence-corrected chi connectivity index (χ0v) is 14.5. The van der Waals surface area contributed by atoms with Gasteiger partial charge in [0, 0.05) is 17.9 Å². The van der Waals surface area contributed by atoms with E-state index >= 15 is 0 Å². The number of thioether (sulfide) groups is 1. The highest BCUT2D eigenvalue weighted by Gasteiger charge is 2.18. The first kappa shape index (κ1) is 17.0. The molecule has 0 spiro atoms. The topological polar surface area (TPSA) is 77.0 Å². The average molecular weight is 345 g/mol. The minimum atomic E-state index is -0.290. The van der Waals surface area contributed by atoms with E-state index in [4.69, 9.17) is 5.73 Å². The summed E-state index contributed by atoms with van der Waals surface area (Å²) in [6, 6.07) is 10.1. The highest BCUT2D eigenvalue weighted by Crippen LogP contribution is 2.24. The first-order valence-electron chi connectivity index (χ1n) is 8.37. The van der Waals surface area contributed by atoms with Crippen LogP contribution in [0.5, 0.6) is 0 Å². The Morgan fingerprint density at radius 1 is 1.12 bits per heavy atom. The molecule has 6 nitrogen and oxygen atoms in total. The Kier molecular flexibility index (Phi) is 5.87. The quantitative estimate of drug-likeness (QED) is 0.779.